The van der Waals surface area contributed by atoms with E-state index in [4.69, 9.17) is 9.73 Å². The van der Waals surface area contributed by atoms with Crippen molar-refractivity contribution in [2.75, 3.05) is 26.2 Å². The summed E-state index contributed by atoms with van der Waals surface area (Å²) in [7, 11) is 1.96. The highest BCUT2D eigenvalue weighted by atomic mass is 127. The Kier molecular flexibility index (Phi) is 10.7. The number of hydrogen-bond donors (Lipinski definition) is 2. The molecule has 2 atom stereocenters. The van der Waals surface area contributed by atoms with E-state index in [0.29, 0.717) is 5.92 Å². The number of nitrogens with zero attached hydrogens (tertiary/aromatic N) is 3. The molecule has 2 heterocycles. The lowest BCUT2D eigenvalue weighted by molar-refractivity contribution is -0.0823. The normalized spacial score (nSPS) is 20.9. The number of guanidine groups is 1. The van der Waals surface area contributed by atoms with E-state index < -0.39 is 0 Å². The van der Waals surface area contributed by atoms with Crippen LogP contribution >= 0.6 is 24.0 Å². The van der Waals surface area contributed by atoms with Crippen LogP contribution in [-0.2, 0) is 18.2 Å². The highest BCUT2D eigenvalue weighted by Gasteiger charge is 2.35. The second kappa shape index (κ2) is 11.9. The van der Waals surface area contributed by atoms with Crippen molar-refractivity contribution in [3.63, 3.8) is 0 Å². The number of rotatable bonds is 7. The van der Waals surface area contributed by atoms with Crippen LogP contribution in [0, 0.1) is 11.3 Å². The van der Waals surface area contributed by atoms with Crippen LogP contribution in [0.15, 0.2) is 17.4 Å². The Morgan fingerprint density at radius 1 is 1.37 bits per heavy atom. The zero-order valence-corrected chi connectivity index (χ0v) is 20.0. The molecule has 0 aromatic carbocycles. The van der Waals surface area contributed by atoms with E-state index in [2.05, 4.69) is 49.6 Å². The smallest absolute Gasteiger partial charge is 0.191 e. The van der Waals surface area contributed by atoms with Gasteiger partial charge in [-0.2, -0.15) is 5.10 Å². The van der Waals surface area contributed by atoms with Crippen LogP contribution in [0.5, 0.6) is 0 Å². The molecule has 0 bridgehead atoms. The molecule has 7 heteroatoms. The zero-order valence-electron chi connectivity index (χ0n) is 17.6. The first kappa shape index (κ1) is 24.2. The van der Waals surface area contributed by atoms with Gasteiger partial charge in [-0.1, -0.05) is 20.8 Å². The van der Waals surface area contributed by atoms with E-state index in [1.54, 1.807) is 0 Å². The lowest BCUT2D eigenvalue weighted by Crippen LogP contribution is -2.43. The van der Waals surface area contributed by atoms with Crippen molar-refractivity contribution in [2.24, 2.45) is 23.4 Å². The predicted molar refractivity (Wildman–Crippen MR) is 123 cm³/mol. The minimum atomic E-state index is 0. The molecule has 0 amide bonds. The summed E-state index contributed by atoms with van der Waals surface area (Å²) in [5, 5.41) is 11.0. The summed E-state index contributed by atoms with van der Waals surface area (Å²) in [6.45, 7) is 12.4. The van der Waals surface area contributed by atoms with Crippen molar-refractivity contribution >= 4 is 29.9 Å². The number of aliphatic imine (C=N–C) groups is 1. The highest BCUT2D eigenvalue weighted by molar-refractivity contribution is 14.0. The van der Waals surface area contributed by atoms with Gasteiger partial charge in [0.25, 0.3) is 0 Å². The Labute approximate surface area is 181 Å². The third kappa shape index (κ3) is 8.37. The van der Waals surface area contributed by atoms with Crippen LogP contribution in [-0.4, -0.2) is 48.1 Å². The lowest BCUT2D eigenvalue weighted by atomic mass is 9.78. The first-order chi connectivity index (χ1) is 12.4. The van der Waals surface area contributed by atoms with Gasteiger partial charge in [-0.25, -0.2) is 0 Å². The van der Waals surface area contributed by atoms with Gasteiger partial charge >= 0.3 is 0 Å². The molecule has 2 N–H and O–H groups in total. The van der Waals surface area contributed by atoms with E-state index in [1.165, 1.54) is 12.0 Å². The van der Waals surface area contributed by atoms with Gasteiger partial charge in [-0.05, 0) is 43.6 Å². The minimum Gasteiger partial charge on any atom is -0.377 e. The van der Waals surface area contributed by atoms with Gasteiger partial charge in [0.1, 0.15) is 0 Å². The number of hydrogen-bond acceptors (Lipinski definition) is 3. The van der Waals surface area contributed by atoms with Crippen molar-refractivity contribution in [1.29, 1.82) is 0 Å². The average molecular weight is 491 g/mol. The van der Waals surface area contributed by atoms with Crippen LogP contribution in [0.4, 0.5) is 0 Å². The van der Waals surface area contributed by atoms with Crippen LogP contribution in [0.25, 0.3) is 0 Å². The van der Waals surface area contributed by atoms with Gasteiger partial charge < -0.3 is 15.4 Å². The van der Waals surface area contributed by atoms with Gasteiger partial charge in [0.05, 0.1) is 12.3 Å². The van der Waals surface area contributed by atoms with Crippen molar-refractivity contribution < 1.29 is 4.74 Å². The van der Waals surface area contributed by atoms with Gasteiger partial charge in [-0.3, -0.25) is 9.67 Å². The van der Waals surface area contributed by atoms with Gasteiger partial charge in [-0.15, -0.1) is 24.0 Å². The highest BCUT2D eigenvalue weighted by Crippen LogP contribution is 2.34. The summed E-state index contributed by atoms with van der Waals surface area (Å²) >= 11 is 0. The van der Waals surface area contributed by atoms with Gasteiger partial charge in [0.2, 0.25) is 0 Å². The molecular formula is C20H38IN5O. The topological polar surface area (TPSA) is 63.5 Å². The molecule has 0 spiro atoms. The number of ether oxygens (including phenoxy) is 1. The predicted octanol–water partition coefficient (Wildman–Crippen LogP) is 3.37. The minimum absolute atomic E-state index is 0. The average Bonchev–Trinajstić information content (AvgIpc) is 3.01. The van der Waals surface area contributed by atoms with Gasteiger partial charge in [0, 0.05) is 45.4 Å². The third-order valence-corrected chi connectivity index (χ3v) is 4.82. The lowest BCUT2D eigenvalue weighted by Gasteiger charge is -2.39. The molecule has 156 valence electrons. The van der Waals surface area contributed by atoms with Crippen molar-refractivity contribution in [3.05, 3.63) is 18.0 Å². The number of aryl methyl sites for hydroxylation is 2. The zero-order chi connectivity index (χ0) is 19.0. The molecule has 1 saturated heterocycles. The summed E-state index contributed by atoms with van der Waals surface area (Å²) in [6, 6.07) is 0. The van der Waals surface area contributed by atoms with Crippen molar-refractivity contribution in [3.8, 4) is 0 Å². The Hall–Kier alpha value is -0.830. The van der Waals surface area contributed by atoms with Crippen molar-refractivity contribution in [1.82, 2.24) is 20.4 Å². The number of nitrogens with one attached hydrogen (secondary N) is 2. The second-order valence-electron chi connectivity index (χ2n) is 8.33. The molecule has 27 heavy (non-hydrogen) atoms. The van der Waals surface area contributed by atoms with Crippen LogP contribution in [0.2, 0.25) is 0 Å². The summed E-state index contributed by atoms with van der Waals surface area (Å²) in [4.78, 5) is 4.85. The molecule has 1 fully saturated rings. The quantitative estimate of drug-likeness (QED) is 0.266. The number of halogens is 1. The molecular weight excluding hydrogens is 453 g/mol. The summed E-state index contributed by atoms with van der Waals surface area (Å²) in [5.74, 6) is 1.41. The molecule has 1 aliphatic heterocycles. The van der Waals surface area contributed by atoms with Crippen LogP contribution in [0.1, 0.15) is 52.5 Å². The largest absolute Gasteiger partial charge is 0.377 e. The number of aromatic nitrogens is 2. The first-order valence-corrected chi connectivity index (χ1v) is 10.0. The summed E-state index contributed by atoms with van der Waals surface area (Å²) in [5.41, 5.74) is 1.44. The molecule has 2 unspecified atom stereocenters. The van der Waals surface area contributed by atoms with E-state index in [0.717, 1.165) is 51.5 Å². The van der Waals surface area contributed by atoms with E-state index >= 15 is 0 Å². The fourth-order valence-electron chi connectivity index (χ4n) is 3.64. The van der Waals surface area contributed by atoms with Crippen LogP contribution < -0.4 is 10.6 Å². The summed E-state index contributed by atoms with van der Waals surface area (Å²) < 4.78 is 7.93. The standard InChI is InChI=1S/C20H37N5O.HI/c1-6-21-19(22-11-7-9-16-13-24-25(5)15-16)23-14-17-10-8-12-26-18(17)20(2,3)4;/h13,15,17-18H,6-12,14H2,1-5H3,(H2,21,22,23);1H. The van der Waals surface area contributed by atoms with E-state index in [1.807, 2.05) is 17.9 Å². The molecule has 1 aromatic rings. The van der Waals surface area contributed by atoms with E-state index in [-0.39, 0.29) is 35.5 Å². The van der Waals surface area contributed by atoms with Crippen molar-refractivity contribution in [2.45, 2.75) is 59.5 Å². The molecule has 0 saturated carbocycles. The molecule has 1 aliphatic rings. The molecule has 0 aliphatic carbocycles. The van der Waals surface area contributed by atoms with E-state index in [9.17, 15) is 0 Å². The van der Waals surface area contributed by atoms with Crippen LogP contribution in [0.3, 0.4) is 0 Å². The first-order valence-electron chi connectivity index (χ1n) is 10.0. The maximum Gasteiger partial charge on any atom is 0.191 e. The Morgan fingerprint density at radius 3 is 2.78 bits per heavy atom. The van der Waals surface area contributed by atoms with Gasteiger partial charge in [0.15, 0.2) is 5.96 Å². The fraction of sp³-hybridized carbons (Fsp3) is 0.800. The Balaban J connectivity index is 0.00000364. The Bertz CT molecular complexity index is 567. The Morgan fingerprint density at radius 2 is 2.15 bits per heavy atom. The summed E-state index contributed by atoms with van der Waals surface area (Å²) in [6.07, 6.45) is 8.74. The fourth-order valence-corrected chi connectivity index (χ4v) is 3.64. The maximum absolute atomic E-state index is 6.08. The molecule has 2 rings (SSSR count). The monoisotopic (exact) mass is 491 g/mol. The second-order valence-corrected chi connectivity index (χ2v) is 8.33. The molecule has 1 aromatic heterocycles. The molecule has 0 radical (unpaired) electrons. The third-order valence-electron chi connectivity index (χ3n) is 4.82. The maximum atomic E-state index is 6.08. The molecule has 6 nitrogen and oxygen atoms in total. The SMILES string of the molecule is CCNC(=NCC1CCCOC1C(C)(C)C)NCCCc1cnn(C)c1.I.